The van der Waals surface area contributed by atoms with Crippen molar-refractivity contribution in [3.05, 3.63) is 28.2 Å². The van der Waals surface area contributed by atoms with Crippen LogP contribution in [0, 0.1) is 11.3 Å². The largest absolute Gasteiger partial charge is 0.431 e. The number of H-pyrrole nitrogens is 1. The van der Waals surface area contributed by atoms with Crippen LogP contribution in [-0.4, -0.2) is 45.1 Å². The first-order valence-corrected chi connectivity index (χ1v) is 10.8. The molecule has 1 aliphatic heterocycles. The van der Waals surface area contributed by atoms with E-state index in [1.807, 2.05) is 18.7 Å². The highest BCUT2D eigenvalue weighted by molar-refractivity contribution is 5.84. The Morgan fingerprint density at radius 1 is 1.25 bits per heavy atom. The maximum absolute atomic E-state index is 13.2. The maximum atomic E-state index is 13.2. The number of rotatable bonds is 6. The van der Waals surface area contributed by atoms with Gasteiger partial charge < -0.3 is 19.6 Å². The van der Waals surface area contributed by atoms with Crippen LogP contribution in [-0.2, 0) is 11.0 Å². The molecule has 2 N–H and O–H groups in total. The van der Waals surface area contributed by atoms with E-state index in [4.69, 9.17) is 4.42 Å². The molecule has 1 spiro atoms. The minimum absolute atomic E-state index is 0.0240. The summed E-state index contributed by atoms with van der Waals surface area (Å²) < 4.78 is 43.8. The molecule has 2 aromatic heterocycles. The predicted molar refractivity (Wildman–Crippen MR) is 110 cm³/mol. The molecule has 2 aliphatic rings. The van der Waals surface area contributed by atoms with Gasteiger partial charge in [0.2, 0.25) is 5.91 Å². The number of nitrogens with one attached hydrogen (secondary N) is 2. The molecule has 0 aromatic carbocycles. The van der Waals surface area contributed by atoms with Gasteiger partial charge in [0, 0.05) is 13.1 Å². The number of alkyl halides is 3. The van der Waals surface area contributed by atoms with E-state index in [-0.39, 0.29) is 29.3 Å². The Morgan fingerprint density at radius 2 is 1.94 bits per heavy atom. The van der Waals surface area contributed by atoms with Gasteiger partial charge in [0.05, 0.1) is 0 Å². The van der Waals surface area contributed by atoms with Gasteiger partial charge in [-0.05, 0) is 49.1 Å². The number of piperidine rings is 1. The number of nitrogens with zero attached hydrogens (tertiary/aromatic N) is 3. The number of pyridine rings is 1. The average molecular weight is 453 g/mol. The Balaban J connectivity index is 1.49. The van der Waals surface area contributed by atoms with Gasteiger partial charge in [0.25, 0.3) is 11.4 Å². The van der Waals surface area contributed by atoms with E-state index in [0.717, 1.165) is 44.5 Å². The van der Waals surface area contributed by atoms with E-state index < -0.39 is 23.5 Å². The number of hydrogen-bond donors (Lipinski definition) is 2. The van der Waals surface area contributed by atoms with Crippen LogP contribution in [0.4, 0.5) is 19.2 Å². The molecule has 11 heteroatoms. The second-order valence-electron chi connectivity index (χ2n) is 8.86. The third-order valence-electron chi connectivity index (χ3n) is 6.72. The Labute approximate surface area is 182 Å². The van der Waals surface area contributed by atoms with Crippen molar-refractivity contribution in [2.24, 2.45) is 11.3 Å². The molecular weight excluding hydrogens is 427 g/mol. The lowest BCUT2D eigenvalue weighted by molar-refractivity contribution is -0.141. The van der Waals surface area contributed by atoms with Crippen LogP contribution in [0.1, 0.15) is 51.6 Å². The molecule has 32 heavy (non-hydrogen) atoms. The summed E-state index contributed by atoms with van der Waals surface area (Å²) in [7, 11) is 0. The van der Waals surface area contributed by atoms with E-state index >= 15 is 0 Å². The zero-order chi connectivity index (χ0) is 23.1. The highest BCUT2D eigenvalue weighted by Gasteiger charge is 2.46. The van der Waals surface area contributed by atoms with Crippen molar-refractivity contribution in [3.63, 3.8) is 0 Å². The Hall–Kier alpha value is -2.85. The number of halogens is 3. The molecule has 4 rings (SSSR count). The van der Waals surface area contributed by atoms with Gasteiger partial charge in [-0.15, -0.1) is 5.10 Å². The maximum Gasteiger partial charge on any atom is 0.431 e. The smallest absolute Gasteiger partial charge is 0.403 e. The van der Waals surface area contributed by atoms with Crippen molar-refractivity contribution in [3.8, 4) is 11.5 Å². The number of carbonyl (C=O) groups is 1. The quantitative estimate of drug-likeness (QED) is 0.692. The summed E-state index contributed by atoms with van der Waals surface area (Å²) in [5.74, 6) is -0.294. The van der Waals surface area contributed by atoms with Crippen molar-refractivity contribution in [1.82, 2.24) is 20.1 Å². The number of likely N-dealkylation sites (tertiary alicyclic amines) is 1. The Kier molecular flexibility index (Phi) is 5.76. The molecule has 0 bridgehead atoms. The van der Waals surface area contributed by atoms with Crippen LogP contribution < -0.4 is 10.9 Å². The van der Waals surface area contributed by atoms with Crippen molar-refractivity contribution < 1.29 is 22.4 Å². The van der Waals surface area contributed by atoms with E-state index in [1.165, 1.54) is 12.8 Å². The number of aromatic amines is 1. The molecule has 1 saturated heterocycles. The molecule has 2 fully saturated rings. The average Bonchev–Trinajstić information content (AvgIpc) is 3.34. The lowest BCUT2D eigenvalue weighted by Crippen LogP contribution is -2.49. The number of hydrogen-bond acceptors (Lipinski definition) is 6. The van der Waals surface area contributed by atoms with E-state index in [2.05, 4.69) is 15.5 Å². The molecule has 174 valence electrons. The van der Waals surface area contributed by atoms with Gasteiger partial charge in [0.15, 0.2) is 0 Å². The summed E-state index contributed by atoms with van der Waals surface area (Å²) in [6, 6.07) is 1.07. The van der Waals surface area contributed by atoms with Crippen LogP contribution in [0.5, 0.6) is 0 Å². The third-order valence-corrected chi connectivity index (χ3v) is 6.72. The highest BCUT2D eigenvalue weighted by atomic mass is 19.4. The lowest BCUT2D eigenvalue weighted by atomic mass is 9.92. The summed E-state index contributed by atoms with van der Waals surface area (Å²) >= 11 is 0. The lowest BCUT2D eigenvalue weighted by Gasteiger charge is -2.35. The number of aromatic nitrogens is 3. The topological polar surface area (TPSA) is 104 Å². The van der Waals surface area contributed by atoms with Crippen molar-refractivity contribution >= 4 is 11.9 Å². The van der Waals surface area contributed by atoms with E-state index in [1.54, 1.807) is 4.98 Å². The van der Waals surface area contributed by atoms with Gasteiger partial charge >= 0.3 is 12.2 Å². The Bertz CT molecular complexity index is 1030. The molecule has 1 amide bonds. The fourth-order valence-electron chi connectivity index (χ4n) is 4.09. The fourth-order valence-corrected chi connectivity index (χ4v) is 4.09. The molecule has 0 unspecified atom stereocenters. The summed E-state index contributed by atoms with van der Waals surface area (Å²) in [6.07, 6.45) is 0.601. The first-order valence-electron chi connectivity index (χ1n) is 10.8. The first-order chi connectivity index (χ1) is 15.1. The van der Waals surface area contributed by atoms with Crippen molar-refractivity contribution in [2.45, 2.75) is 58.2 Å². The van der Waals surface area contributed by atoms with Crippen LogP contribution in [0.15, 0.2) is 21.3 Å². The molecule has 2 aromatic rings. The zero-order valence-corrected chi connectivity index (χ0v) is 18.0. The van der Waals surface area contributed by atoms with Crippen LogP contribution in [0.2, 0.25) is 0 Å². The second-order valence-corrected chi connectivity index (χ2v) is 8.86. The predicted octanol–water partition coefficient (Wildman–Crippen LogP) is 3.67. The van der Waals surface area contributed by atoms with Crippen LogP contribution in [0.25, 0.3) is 11.5 Å². The van der Waals surface area contributed by atoms with Crippen molar-refractivity contribution in [2.75, 3.05) is 18.4 Å². The number of carbonyl (C=O) groups excluding carboxylic acids is 1. The summed E-state index contributed by atoms with van der Waals surface area (Å²) in [5.41, 5.74) is -1.89. The molecule has 8 nitrogen and oxygen atoms in total. The normalized spacial score (nSPS) is 19.6. The minimum atomic E-state index is -4.67. The molecule has 2 atom stereocenters. The fraction of sp³-hybridized carbons (Fsp3) is 0.619. The van der Waals surface area contributed by atoms with E-state index in [9.17, 15) is 22.8 Å². The standard InChI is InChI=1S/C21H26F3N5O3/c1-3-12(2)15(18(31)29-10-8-20(6-7-20)9-11-29)26-19-28-27-17(32-19)13-4-5-14(21(22,23)24)25-16(13)30/h4-5,12,15H,3,6-11H2,1-2H3,(H,25,30)(H,26,28)/t12-,15+/m1/s1. The van der Waals surface area contributed by atoms with Crippen LogP contribution in [0.3, 0.4) is 0 Å². The Morgan fingerprint density at radius 3 is 2.50 bits per heavy atom. The highest BCUT2D eigenvalue weighted by Crippen LogP contribution is 2.53. The molecular formula is C21H26F3N5O3. The van der Waals surface area contributed by atoms with Gasteiger partial charge in [-0.1, -0.05) is 25.4 Å². The molecule has 1 aliphatic carbocycles. The summed E-state index contributed by atoms with van der Waals surface area (Å²) in [5, 5.41) is 10.6. The van der Waals surface area contributed by atoms with Gasteiger partial charge in [-0.2, -0.15) is 13.2 Å². The van der Waals surface area contributed by atoms with Gasteiger partial charge in [0.1, 0.15) is 17.3 Å². The summed E-state index contributed by atoms with van der Waals surface area (Å²) in [4.78, 5) is 28.9. The first kappa shape index (κ1) is 22.3. The zero-order valence-electron chi connectivity index (χ0n) is 18.0. The van der Waals surface area contributed by atoms with E-state index in [0.29, 0.717) is 5.41 Å². The van der Waals surface area contributed by atoms with Crippen molar-refractivity contribution in [1.29, 1.82) is 0 Å². The monoisotopic (exact) mass is 453 g/mol. The number of anilines is 1. The molecule has 3 heterocycles. The van der Waals surface area contributed by atoms with Crippen LogP contribution >= 0.6 is 0 Å². The SMILES string of the molecule is CC[C@@H](C)[C@H](Nc1nnc(-c2ccc(C(F)(F)F)[nH]c2=O)o1)C(=O)N1CCC2(CC1)CC2. The molecule has 1 saturated carbocycles. The summed E-state index contributed by atoms with van der Waals surface area (Å²) in [6.45, 7) is 5.37. The molecule has 0 radical (unpaired) electrons. The van der Waals surface area contributed by atoms with Gasteiger partial charge in [-0.25, -0.2) is 0 Å². The van der Waals surface area contributed by atoms with Gasteiger partial charge in [-0.3, -0.25) is 9.59 Å². The third kappa shape index (κ3) is 4.51. The minimum Gasteiger partial charge on any atom is -0.403 e. The number of amides is 1. The second kappa shape index (κ2) is 8.25.